The molecule has 4 heteroatoms. The molecule has 0 aromatic carbocycles. The number of aliphatic carboxylic acids is 1. The number of hydrogen-bond acceptors (Lipinski definition) is 3. The van der Waals surface area contributed by atoms with Gasteiger partial charge in [0.05, 0.1) is 0 Å². The summed E-state index contributed by atoms with van der Waals surface area (Å²) in [5.41, 5.74) is 0. The first-order valence-corrected chi connectivity index (χ1v) is 11.0. The van der Waals surface area contributed by atoms with E-state index < -0.39 is 5.97 Å². The Labute approximate surface area is 166 Å². The first-order chi connectivity index (χ1) is 13.3. The third-order valence-corrected chi connectivity index (χ3v) is 4.80. The van der Waals surface area contributed by atoms with Crippen molar-refractivity contribution < 1.29 is 19.4 Å². The Bertz CT molecular complexity index is 397. The number of unbranched alkanes of at least 4 members (excludes halogenated alkanes) is 8. The molecular formula is C23H40O4. The van der Waals surface area contributed by atoms with E-state index in [1.54, 1.807) is 0 Å². The van der Waals surface area contributed by atoms with Crippen LogP contribution in [0.2, 0.25) is 0 Å². The van der Waals surface area contributed by atoms with E-state index in [2.05, 4.69) is 24.3 Å². The van der Waals surface area contributed by atoms with Crippen LogP contribution in [-0.4, -0.2) is 30.6 Å². The van der Waals surface area contributed by atoms with Gasteiger partial charge in [-0.2, -0.15) is 0 Å². The van der Waals surface area contributed by atoms with E-state index >= 15 is 0 Å². The summed E-state index contributed by atoms with van der Waals surface area (Å²) >= 11 is 0. The summed E-state index contributed by atoms with van der Waals surface area (Å²) < 4.78 is 11.3. The highest BCUT2D eigenvalue weighted by atomic mass is 16.7. The molecule has 0 radical (unpaired) electrons. The molecule has 4 nitrogen and oxygen atoms in total. The lowest BCUT2D eigenvalue weighted by atomic mass is 10.1. The van der Waals surface area contributed by atoms with Crippen molar-refractivity contribution in [3.63, 3.8) is 0 Å². The fourth-order valence-corrected chi connectivity index (χ4v) is 3.15. The zero-order chi connectivity index (χ0) is 19.4. The van der Waals surface area contributed by atoms with Crippen LogP contribution >= 0.6 is 0 Å². The van der Waals surface area contributed by atoms with Crippen molar-refractivity contribution in [1.29, 1.82) is 0 Å². The van der Waals surface area contributed by atoms with Crippen LogP contribution < -0.4 is 0 Å². The summed E-state index contributed by atoms with van der Waals surface area (Å²) in [6.07, 6.45) is 25.2. The van der Waals surface area contributed by atoms with Gasteiger partial charge in [0.2, 0.25) is 0 Å². The molecule has 1 N–H and O–H groups in total. The van der Waals surface area contributed by atoms with Gasteiger partial charge in [-0.1, -0.05) is 43.6 Å². The van der Waals surface area contributed by atoms with Crippen LogP contribution in [0.5, 0.6) is 0 Å². The Morgan fingerprint density at radius 2 is 1.48 bits per heavy atom. The van der Waals surface area contributed by atoms with Crippen LogP contribution in [0.1, 0.15) is 96.3 Å². The molecule has 27 heavy (non-hydrogen) atoms. The zero-order valence-electron chi connectivity index (χ0n) is 17.1. The number of carbonyl (C=O) groups is 1. The average molecular weight is 381 g/mol. The fraction of sp³-hybridized carbons (Fsp3) is 0.783. The lowest BCUT2D eigenvalue weighted by molar-refractivity contribution is -0.162. The second kappa shape index (κ2) is 18.2. The van der Waals surface area contributed by atoms with E-state index in [4.69, 9.17) is 14.6 Å². The Morgan fingerprint density at radius 3 is 2.11 bits per heavy atom. The van der Waals surface area contributed by atoms with Crippen LogP contribution in [0.25, 0.3) is 0 Å². The Balaban J connectivity index is 1.76. The summed E-state index contributed by atoms with van der Waals surface area (Å²) in [5.74, 6) is -0.684. The highest BCUT2D eigenvalue weighted by Gasteiger charge is 2.13. The lowest BCUT2D eigenvalue weighted by Crippen LogP contribution is -2.22. The average Bonchev–Trinajstić information content (AvgIpc) is 2.67. The van der Waals surface area contributed by atoms with Crippen molar-refractivity contribution >= 4 is 5.97 Å². The Hall–Kier alpha value is -1.13. The second-order valence-electron chi connectivity index (χ2n) is 7.38. The number of carboxylic acids is 1. The van der Waals surface area contributed by atoms with Crippen molar-refractivity contribution in [1.82, 2.24) is 0 Å². The standard InChI is InChI=1S/C23H40O4/c24-22(25)18-14-12-10-8-6-4-2-1-3-5-7-9-11-13-16-20-26-23-19-15-17-21-27-23/h3-6,23H,1-2,7-21H2,(H,24,25)/b5-3-,6-4-. The van der Waals surface area contributed by atoms with Gasteiger partial charge >= 0.3 is 5.97 Å². The van der Waals surface area contributed by atoms with Gasteiger partial charge in [-0.3, -0.25) is 4.79 Å². The number of allylic oxidation sites excluding steroid dienone is 4. The minimum Gasteiger partial charge on any atom is -0.481 e. The molecule has 0 saturated carbocycles. The van der Waals surface area contributed by atoms with E-state index in [9.17, 15) is 4.79 Å². The van der Waals surface area contributed by atoms with E-state index in [1.165, 1.54) is 38.5 Å². The maximum absolute atomic E-state index is 10.4. The summed E-state index contributed by atoms with van der Waals surface area (Å²) in [5, 5.41) is 8.55. The molecule has 1 unspecified atom stereocenters. The largest absolute Gasteiger partial charge is 0.481 e. The molecule has 0 aromatic rings. The molecule has 1 aliphatic rings. The maximum atomic E-state index is 10.4. The highest BCUT2D eigenvalue weighted by Crippen LogP contribution is 2.14. The molecule has 1 aliphatic heterocycles. The molecule has 1 heterocycles. The third-order valence-electron chi connectivity index (χ3n) is 4.80. The SMILES string of the molecule is O=C(O)CCCCC/C=C\CC/C=C\CCCCCCOC1CCCCO1. The van der Waals surface area contributed by atoms with Gasteiger partial charge < -0.3 is 14.6 Å². The predicted molar refractivity (Wildman–Crippen MR) is 111 cm³/mol. The highest BCUT2D eigenvalue weighted by molar-refractivity contribution is 5.66. The van der Waals surface area contributed by atoms with Crippen LogP contribution in [-0.2, 0) is 14.3 Å². The molecule has 0 spiro atoms. The molecule has 0 amide bonds. The lowest BCUT2D eigenvalue weighted by Gasteiger charge is -2.22. The van der Waals surface area contributed by atoms with Crippen LogP contribution in [0.3, 0.4) is 0 Å². The number of carboxylic acid groups (broad SMARTS) is 1. The second-order valence-corrected chi connectivity index (χ2v) is 7.38. The monoisotopic (exact) mass is 380 g/mol. The minimum atomic E-state index is -0.684. The van der Waals surface area contributed by atoms with Gasteiger partial charge in [-0.25, -0.2) is 0 Å². The quantitative estimate of drug-likeness (QED) is 0.234. The molecule has 0 aromatic heterocycles. The molecule has 1 rings (SSSR count). The van der Waals surface area contributed by atoms with Gasteiger partial charge in [0.25, 0.3) is 0 Å². The van der Waals surface area contributed by atoms with Crippen molar-refractivity contribution in [3.05, 3.63) is 24.3 Å². The van der Waals surface area contributed by atoms with Crippen LogP contribution in [0, 0.1) is 0 Å². The third kappa shape index (κ3) is 16.7. The topological polar surface area (TPSA) is 55.8 Å². The van der Waals surface area contributed by atoms with E-state index in [0.29, 0.717) is 6.42 Å². The van der Waals surface area contributed by atoms with Crippen molar-refractivity contribution in [2.45, 2.75) is 103 Å². The number of hydrogen-bond donors (Lipinski definition) is 1. The van der Waals surface area contributed by atoms with Crippen molar-refractivity contribution in [2.24, 2.45) is 0 Å². The summed E-state index contributed by atoms with van der Waals surface area (Å²) in [7, 11) is 0. The van der Waals surface area contributed by atoms with Gasteiger partial charge in [-0.15, -0.1) is 0 Å². The molecule has 1 atom stereocenters. The molecular weight excluding hydrogens is 340 g/mol. The zero-order valence-corrected chi connectivity index (χ0v) is 17.1. The maximum Gasteiger partial charge on any atom is 0.303 e. The summed E-state index contributed by atoms with van der Waals surface area (Å²) in [6, 6.07) is 0. The van der Waals surface area contributed by atoms with E-state index in [1.807, 2.05) is 0 Å². The first kappa shape index (κ1) is 23.9. The van der Waals surface area contributed by atoms with Crippen molar-refractivity contribution in [2.75, 3.05) is 13.2 Å². The normalized spacial score (nSPS) is 17.9. The van der Waals surface area contributed by atoms with Gasteiger partial charge in [-0.05, 0) is 70.6 Å². The fourth-order valence-electron chi connectivity index (χ4n) is 3.15. The molecule has 156 valence electrons. The minimum absolute atomic E-state index is 0.0627. The van der Waals surface area contributed by atoms with E-state index in [-0.39, 0.29) is 6.29 Å². The van der Waals surface area contributed by atoms with Gasteiger partial charge in [0.1, 0.15) is 0 Å². The Kier molecular flexibility index (Phi) is 16.2. The molecule has 0 aliphatic carbocycles. The summed E-state index contributed by atoms with van der Waals surface area (Å²) in [4.78, 5) is 10.4. The Morgan fingerprint density at radius 1 is 0.852 bits per heavy atom. The van der Waals surface area contributed by atoms with Gasteiger partial charge in [0.15, 0.2) is 6.29 Å². The molecule has 1 saturated heterocycles. The molecule has 1 fully saturated rings. The predicted octanol–water partition coefficient (Wildman–Crippen LogP) is 6.41. The summed E-state index contributed by atoms with van der Waals surface area (Å²) in [6.45, 7) is 1.70. The van der Waals surface area contributed by atoms with Crippen molar-refractivity contribution in [3.8, 4) is 0 Å². The smallest absolute Gasteiger partial charge is 0.303 e. The molecule has 0 bridgehead atoms. The van der Waals surface area contributed by atoms with Crippen LogP contribution in [0.4, 0.5) is 0 Å². The van der Waals surface area contributed by atoms with E-state index in [0.717, 1.165) is 64.6 Å². The van der Waals surface area contributed by atoms with Crippen LogP contribution in [0.15, 0.2) is 24.3 Å². The first-order valence-electron chi connectivity index (χ1n) is 11.0. The number of rotatable bonds is 17. The number of ether oxygens (including phenoxy) is 2. The van der Waals surface area contributed by atoms with Gasteiger partial charge in [0, 0.05) is 19.6 Å².